The summed E-state index contributed by atoms with van der Waals surface area (Å²) in [4.78, 5) is 13.9. The van der Waals surface area contributed by atoms with E-state index in [4.69, 9.17) is 0 Å². The lowest BCUT2D eigenvalue weighted by Crippen LogP contribution is -2.49. The molecule has 4 heteroatoms. The summed E-state index contributed by atoms with van der Waals surface area (Å²) in [5.41, 5.74) is 0.408. The number of carbonyl (C=O) groups is 1. The molecule has 0 aliphatic heterocycles. The van der Waals surface area contributed by atoms with E-state index in [1.807, 2.05) is 27.7 Å². The number of amides is 2. The van der Waals surface area contributed by atoms with Gasteiger partial charge in [0.1, 0.15) is 5.82 Å². The maximum absolute atomic E-state index is 12.8. The van der Waals surface area contributed by atoms with Crippen molar-refractivity contribution in [3.63, 3.8) is 0 Å². The molecule has 0 unspecified atom stereocenters. The highest BCUT2D eigenvalue weighted by Gasteiger charge is 2.27. The number of rotatable bonds is 4. The third-order valence-corrected chi connectivity index (χ3v) is 3.25. The second kappa shape index (κ2) is 5.85. The molecular weight excluding hydrogens is 231 g/mol. The van der Waals surface area contributed by atoms with Crippen LogP contribution in [0, 0.1) is 5.82 Å². The second-order valence-corrected chi connectivity index (χ2v) is 4.85. The van der Waals surface area contributed by atoms with Crippen LogP contribution >= 0.6 is 0 Å². The van der Waals surface area contributed by atoms with Crippen LogP contribution in [0.4, 0.5) is 14.9 Å². The Bertz CT molecular complexity index is 401. The zero-order chi connectivity index (χ0) is 13.8. The molecule has 0 heterocycles. The summed E-state index contributed by atoms with van der Waals surface area (Å²) in [5, 5.41) is 2.78. The first kappa shape index (κ1) is 14.5. The molecule has 1 rings (SSSR count). The van der Waals surface area contributed by atoms with Crippen LogP contribution in [0.5, 0.6) is 0 Å². The van der Waals surface area contributed by atoms with Crippen LogP contribution in [0.3, 0.4) is 0 Å². The summed E-state index contributed by atoms with van der Waals surface area (Å²) >= 11 is 0. The number of urea groups is 1. The molecule has 0 fully saturated rings. The Labute approximate surface area is 108 Å². The Morgan fingerprint density at radius 1 is 1.28 bits per heavy atom. The van der Waals surface area contributed by atoms with E-state index in [0.29, 0.717) is 12.2 Å². The molecule has 1 aromatic carbocycles. The van der Waals surface area contributed by atoms with Crippen LogP contribution < -0.4 is 5.32 Å². The number of hydrogen-bond donors (Lipinski definition) is 1. The summed E-state index contributed by atoms with van der Waals surface area (Å²) in [6, 6.07) is 5.62. The lowest BCUT2D eigenvalue weighted by Gasteiger charge is -2.37. The minimum atomic E-state index is -0.311. The van der Waals surface area contributed by atoms with Crippen LogP contribution in [0.1, 0.15) is 34.1 Å². The highest BCUT2D eigenvalue weighted by Crippen LogP contribution is 2.19. The predicted molar refractivity (Wildman–Crippen MR) is 72.2 cm³/mol. The first-order valence-corrected chi connectivity index (χ1v) is 6.25. The molecule has 1 aromatic rings. The first-order chi connectivity index (χ1) is 8.40. The van der Waals surface area contributed by atoms with Gasteiger partial charge in [-0.15, -0.1) is 0 Å². The van der Waals surface area contributed by atoms with Crippen LogP contribution in [0.2, 0.25) is 0 Å². The van der Waals surface area contributed by atoms with E-state index in [1.165, 1.54) is 12.1 Å². The largest absolute Gasteiger partial charge is 0.322 e. The van der Waals surface area contributed by atoms with Crippen molar-refractivity contribution >= 4 is 11.7 Å². The zero-order valence-electron chi connectivity index (χ0n) is 11.5. The van der Waals surface area contributed by atoms with Gasteiger partial charge in [-0.25, -0.2) is 9.18 Å². The SMILES string of the molecule is CCN(C(=O)Nc1ccc(F)cc1)C(C)(C)CC. The van der Waals surface area contributed by atoms with E-state index in [0.717, 1.165) is 6.42 Å². The summed E-state index contributed by atoms with van der Waals surface area (Å²) in [5.74, 6) is -0.311. The maximum atomic E-state index is 12.8. The lowest BCUT2D eigenvalue weighted by molar-refractivity contribution is 0.148. The van der Waals surface area contributed by atoms with Gasteiger partial charge in [-0.05, 0) is 51.5 Å². The van der Waals surface area contributed by atoms with Gasteiger partial charge in [0.15, 0.2) is 0 Å². The Hall–Kier alpha value is -1.58. The Kier molecular flexibility index (Phi) is 4.70. The van der Waals surface area contributed by atoms with Crippen molar-refractivity contribution in [1.82, 2.24) is 4.90 Å². The standard InChI is InChI=1S/C14H21FN2O/c1-5-14(3,4)17(6-2)13(18)16-12-9-7-11(15)8-10-12/h7-10H,5-6H2,1-4H3,(H,16,18). The second-order valence-electron chi connectivity index (χ2n) is 4.85. The normalized spacial score (nSPS) is 11.2. The minimum Gasteiger partial charge on any atom is -0.320 e. The molecule has 0 saturated carbocycles. The van der Waals surface area contributed by atoms with E-state index in [1.54, 1.807) is 17.0 Å². The van der Waals surface area contributed by atoms with Gasteiger partial charge in [-0.1, -0.05) is 6.92 Å². The van der Waals surface area contributed by atoms with E-state index < -0.39 is 0 Å². The van der Waals surface area contributed by atoms with Crippen LogP contribution in [-0.4, -0.2) is 23.0 Å². The van der Waals surface area contributed by atoms with Crippen LogP contribution in [0.25, 0.3) is 0 Å². The average Bonchev–Trinajstić information content (AvgIpc) is 2.32. The fourth-order valence-corrected chi connectivity index (χ4v) is 1.76. The Morgan fingerprint density at radius 3 is 2.28 bits per heavy atom. The summed E-state index contributed by atoms with van der Waals surface area (Å²) < 4.78 is 12.8. The molecule has 0 aliphatic rings. The molecule has 0 spiro atoms. The van der Waals surface area contributed by atoms with E-state index in [2.05, 4.69) is 5.32 Å². The molecule has 2 amide bonds. The molecular formula is C14H21FN2O. The van der Waals surface area contributed by atoms with Crippen molar-refractivity contribution in [2.75, 3.05) is 11.9 Å². The molecule has 18 heavy (non-hydrogen) atoms. The highest BCUT2D eigenvalue weighted by atomic mass is 19.1. The molecule has 0 radical (unpaired) electrons. The number of anilines is 1. The summed E-state index contributed by atoms with van der Waals surface area (Å²) in [6.07, 6.45) is 0.873. The monoisotopic (exact) mass is 252 g/mol. The van der Waals surface area contributed by atoms with E-state index in [-0.39, 0.29) is 17.4 Å². The molecule has 0 saturated heterocycles. The van der Waals surface area contributed by atoms with Gasteiger partial charge in [-0.3, -0.25) is 0 Å². The number of nitrogens with zero attached hydrogens (tertiary/aromatic N) is 1. The third-order valence-electron chi connectivity index (χ3n) is 3.25. The molecule has 1 N–H and O–H groups in total. The van der Waals surface area contributed by atoms with Gasteiger partial charge in [0.05, 0.1) is 0 Å². The van der Waals surface area contributed by atoms with Crippen molar-refractivity contribution in [2.24, 2.45) is 0 Å². The molecule has 0 aromatic heterocycles. The van der Waals surface area contributed by atoms with Gasteiger partial charge in [0.2, 0.25) is 0 Å². The first-order valence-electron chi connectivity index (χ1n) is 6.25. The Balaban J connectivity index is 2.77. The minimum absolute atomic E-state index is 0.157. The summed E-state index contributed by atoms with van der Waals surface area (Å²) in [7, 11) is 0. The molecule has 0 bridgehead atoms. The van der Waals surface area contributed by atoms with Gasteiger partial charge in [0, 0.05) is 17.8 Å². The Morgan fingerprint density at radius 2 is 1.83 bits per heavy atom. The number of hydrogen-bond acceptors (Lipinski definition) is 1. The molecule has 3 nitrogen and oxygen atoms in total. The lowest BCUT2D eigenvalue weighted by atomic mass is 10.00. The van der Waals surface area contributed by atoms with Crippen molar-refractivity contribution in [1.29, 1.82) is 0 Å². The van der Waals surface area contributed by atoms with Gasteiger partial charge >= 0.3 is 6.03 Å². The molecule has 0 aliphatic carbocycles. The van der Waals surface area contributed by atoms with Crippen LogP contribution in [-0.2, 0) is 0 Å². The van der Waals surface area contributed by atoms with E-state index in [9.17, 15) is 9.18 Å². The predicted octanol–water partition coefficient (Wildman–Crippen LogP) is 3.87. The van der Waals surface area contributed by atoms with Crippen LogP contribution in [0.15, 0.2) is 24.3 Å². The zero-order valence-corrected chi connectivity index (χ0v) is 11.5. The molecule has 0 atom stereocenters. The van der Waals surface area contributed by atoms with Gasteiger partial charge < -0.3 is 10.2 Å². The quantitative estimate of drug-likeness (QED) is 0.866. The number of benzene rings is 1. The van der Waals surface area contributed by atoms with Crippen molar-refractivity contribution in [3.05, 3.63) is 30.1 Å². The smallest absolute Gasteiger partial charge is 0.320 e. The molecule has 100 valence electrons. The van der Waals surface area contributed by atoms with Gasteiger partial charge in [-0.2, -0.15) is 0 Å². The number of carbonyl (C=O) groups excluding carboxylic acids is 1. The number of halogens is 1. The van der Waals surface area contributed by atoms with Gasteiger partial charge in [0.25, 0.3) is 0 Å². The fourth-order valence-electron chi connectivity index (χ4n) is 1.76. The van der Waals surface area contributed by atoms with Crippen molar-refractivity contribution in [3.8, 4) is 0 Å². The summed E-state index contributed by atoms with van der Waals surface area (Å²) in [6.45, 7) is 8.69. The average molecular weight is 252 g/mol. The van der Waals surface area contributed by atoms with E-state index >= 15 is 0 Å². The van der Waals surface area contributed by atoms with Crippen molar-refractivity contribution in [2.45, 2.75) is 39.7 Å². The third kappa shape index (κ3) is 3.45. The maximum Gasteiger partial charge on any atom is 0.322 e. The number of nitrogens with one attached hydrogen (secondary N) is 1. The highest BCUT2D eigenvalue weighted by molar-refractivity contribution is 5.89. The van der Waals surface area contributed by atoms with Crippen molar-refractivity contribution < 1.29 is 9.18 Å². The fraction of sp³-hybridized carbons (Fsp3) is 0.500. The topological polar surface area (TPSA) is 32.3 Å².